The van der Waals surface area contributed by atoms with E-state index in [0.717, 1.165) is 0 Å². The predicted molar refractivity (Wildman–Crippen MR) is 29.8 cm³/mol. The summed E-state index contributed by atoms with van der Waals surface area (Å²) in [4.78, 5) is 9.68. The minimum absolute atomic E-state index is 0.137. The first-order valence-electron chi connectivity index (χ1n) is 2.63. The number of carbonyl (C=O) groups is 1. The lowest BCUT2D eigenvalue weighted by Gasteiger charge is -2.11. The molecule has 0 saturated heterocycles. The summed E-state index contributed by atoms with van der Waals surface area (Å²) in [5.41, 5.74) is 0. The Bertz CT molecular complexity index is 83.0. The molecular formula is C5H10O4. The minimum atomic E-state index is -1.20. The Kier molecular flexibility index (Phi) is 4.21. The lowest BCUT2D eigenvalue weighted by Crippen LogP contribution is -2.29. The van der Waals surface area contributed by atoms with Crippen LogP contribution in [0.2, 0.25) is 0 Å². The van der Waals surface area contributed by atoms with Gasteiger partial charge in [-0.3, -0.25) is 0 Å². The van der Waals surface area contributed by atoms with E-state index in [1.54, 1.807) is 0 Å². The van der Waals surface area contributed by atoms with Crippen molar-refractivity contribution >= 4 is 6.29 Å². The summed E-state index contributed by atoms with van der Waals surface area (Å²) in [7, 11) is 0. The average Bonchev–Trinajstić information content (AvgIpc) is 1.87. The van der Waals surface area contributed by atoms with Crippen LogP contribution in [0.25, 0.3) is 0 Å². The normalized spacial score (nSPS) is 16.8. The monoisotopic (exact) mass is 134 g/mol. The number of aliphatic hydroxyl groups excluding tert-OH is 3. The predicted octanol–water partition coefficient (Wildman–Crippen LogP) is -1.71. The quantitative estimate of drug-likeness (QED) is 0.400. The molecule has 2 unspecified atom stereocenters. The summed E-state index contributed by atoms with van der Waals surface area (Å²) in [5, 5.41) is 25.5. The van der Waals surface area contributed by atoms with Crippen LogP contribution in [-0.4, -0.2) is 40.4 Å². The molecule has 0 saturated carbocycles. The molecule has 0 bridgehead atoms. The topological polar surface area (TPSA) is 77.8 Å². The lowest BCUT2D eigenvalue weighted by atomic mass is 10.2. The first-order valence-corrected chi connectivity index (χ1v) is 2.63. The third-order valence-electron chi connectivity index (χ3n) is 0.969. The number of carbonyl (C=O) groups excluding carboxylic acids is 1. The van der Waals surface area contributed by atoms with Crippen LogP contribution in [0.3, 0.4) is 0 Å². The molecule has 3 N–H and O–H groups in total. The van der Waals surface area contributed by atoms with E-state index in [1.807, 2.05) is 0 Å². The highest BCUT2D eigenvalue weighted by Gasteiger charge is 2.13. The van der Waals surface area contributed by atoms with Crippen molar-refractivity contribution in [1.82, 2.24) is 0 Å². The number of aldehydes is 1. The van der Waals surface area contributed by atoms with E-state index in [2.05, 4.69) is 0 Å². The maximum atomic E-state index is 9.68. The summed E-state index contributed by atoms with van der Waals surface area (Å²) in [6.07, 6.45) is -1.98. The van der Waals surface area contributed by atoms with Crippen LogP contribution in [0.15, 0.2) is 0 Å². The van der Waals surface area contributed by atoms with Crippen molar-refractivity contribution in [2.24, 2.45) is 0 Å². The van der Waals surface area contributed by atoms with Crippen LogP contribution >= 0.6 is 0 Å². The number of aliphatic hydroxyl groups is 3. The molecule has 0 fully saturated rings. The van der Waals surface area contributed by atoms with Gasteiger partial charge in [0.2, 0.25) is 0 Å². The second-order valence-corrected chi connectivity index (χ2v) is 1.72. The fourth-order valence-electron chi connectivity index (χ4n) is 0.377. The van der Waals surface area contributed by atoms with Gasteiger partial charge in [0, 0.05) is 6.42 Å². The highest BCUT2D eigenvalue weighted by Crippen LogP contribution is 1.94. The molecule has 0 rings (SSSR count). The molecule has 0 aromatic heterocycles. The second-order valence-electron chi connectivity index (χ2n) is 1.72. The SMILES string of the molecule is O=CCC(O)C(O)CO. The molecule has 0 aliphatic carbocycles. The summed E-state index contributed by atoms with van der Waals surface area (Å²) in [6.45, 7) is -0.519. The van der Waals surface area contributed by atoms with Crippen LogP contribution in [0, 0.1) is 0 Å². The molecule has 0 aliphatic rings. The van der Waals surface area contributed by atoms with E-state index >= 15 is 0 Å². The molecule has 9 heavy (non-hydrogen) atoms. The third-order valence-corrected chi connectivity index (χ3v) is 0.969. The fraction of sp³-hybridized carbons (Fsp3) is 0.800. The highest BCUT2D eigenvalue weighted by molar-refractivity contribution is 5.50. The number of hydrogen-bond acceptors (Lipinski definition) is 4. The Morgan fingerprint density at radius 3 is 2.22 bits per heavy atom. The van der Waals surface area contributed by atoms with E-state index < -0.39 is 18.8 Å². The molecule has 0 heterocycles. The van der Waals surface area contributed by atoms with Gasteiger partial charge in [-0.15, -0.1) is 0 Å². The van der Waals surface area contributed by atoms with E-state index in [4.69, 9.17) is 15.3 Å². The lowest BCUT2D eigenvalue weighted by molar-refractivity contribution is -0.111. The largest absolute Gasteiger partial charge is 0.394 e. The average molecular weight is 134 g/mol. The van der Waals surface area contributed by atoms with E-state index in [1.165, 1.54) is 0 Å². The molecular weight excluding hydrogens is 124 g/mol. The number of rotatable bonds is 4. The zero-order valence-electron chi connectivity index (χ0n) is 4.90. The maximum Gasteiger partial charge on any atom is 0.122 e. The smallest absolute Gasteiger partial charge is 0.122 e. The van der Waals surface area contributed by atoms with E-state index in [9.17, 15) is 4.79 Å². The summed E-state index contributed by atoms with van der Waals surface area (Å²) < 4.78 is 0. The van der Waals surface area contributed by atoms with Gasteiger partial charge in [-0.1, -0.05) is 0 Å². The standard InChI is InChI=1S/C5H10O4/c6-2-1-4(8)5(9)3-7/h2,4-5,7-9H,1,3H2. The molecule has 2 atom stereocenters. The molecule has 0 radical (unpaired) electrons. The van der Waals surface area contributed by atoms with Crippen molar-refractivity contribution in [2.75, 3.05) is 6.61 Å². The Morgan fingerprint density at radius 1 is 1.33 bits per heavy atom. The molecule has 4 heteroatoms. The first-order chi connectivity index (χ1) is 4.22. The van der Waals surface area contributed by atoms with Crippen molar-refractivity contribution in [1.29, 1.82) is 0 Å². The van der Waals surface area contributed by atoms with Gasteiger partial charge in [-0.25, -0.2) is 0 Å². The van der Waals surface area contributed by atoms with Gasteiger partial charge >= 0.3 is 0 Å². The van der Waals surface area contributed by atoms with Crippen molar-refractivity contribution < 1.29 is 20.1 Å². The van der Waals surface area contributed by atoms with Crippen LogP contribution in [0.1, 0.15) is 6.42 Å². The molecule has 0 spiro atoms. The summed E-state index contributed by atoms with van der Waals surface area (Å²) in [5.74, 6) is 0. The van der Waals surface area contributed by atoms with Crippen LogP contribution in [0.5, 0.6) is 0 Å². The Hall–Kier alpha value is -0.450. The summed E-state index contributed by atoms with van der Waals surface area (Å²) >= 11 is 0. The van der Waals surface area contributed by atoms with Crippen molar-refractivity contribution in [3.63, 3.8) is 0 Å². The van der Waals surface area contributed by atoms with Crippen molar-refractivity contribution in [3.8, 4) is 0 Å². The fourth-order valence-corrected chi connectivity index (χ4v) is 0.377. The van der Waals surface area contributed by atoms with Crippen molar-refractivity contribution in [3.05, 3.63) is 0 Å². The Morgan fingerprint density at radius 2 is 1.89 bits per heavy atom. The first kappa shape index (κ1) is 8.55. The zero-order valence-corrected chi connectivity index (χ0v) is 4.90. The zero-order chi connectivity index (χ0) is 7.28. The molecule has 0 aliphatic heterocycles. The van der Waals surface area contributed by atoms with Gasteiger partial charge in [-0.2, -0.15) is 0 Å². The van der Waals surface area contributed by atoms with Crippen LogP contribution in [-0.2, 0) is 4.79 Å². The second kappa shape index (κ2) is 4.43. The van der Waals surface area contributed by atoms with Crippen LogP contribution in [0.4, 0.5) is 0 Å². The van der Waals surface area contributed by atoms with E-state index in [0.29, 0.717) is 6.29 Å². The maximum absolute atomic E-state index is 9.68. The summed E-state index contributed by atoms with van der Waals surface area (Å²) in [6, 6.07) is 0. The minimum Gasteiger partial charge on any atom is -0.394 e. The Labute approximate surface area is 52.7 Å². The molecule has 0 aromatic carbocycles. The van der Waals surface area contributed by atoms with Gasteiger partial charge in [0.25, 0.3) is 0 Å². The van der Waals surface area contributed by atoms with Crippen LogP contribution < -0.4 is 0 Å². The van der Waals surface area contributed by atoms with Crippen molar-refractivity contribution in [2.45, 2.75) is 18.6 Å². The molecule has 0 aromatic rings. The Balaban J connectivity index is 3.44. The molecule has 0 amide bonds. The van der Waals surface area contributed by atoms with Gasteiger partial charge in [0.15, 0.2) is 0 Å². The van der Waals surface area contributed by atoms with E-state index in [-0.39, 0.29) is 6.42 Å². The van der Waals surface area contributed by atoms with Gasteiger partial charge < -0.3 is 20.1 Å². The molecule has 4 nitrogen and oxygen atoms in total. The van der Waals surface area contributed by atoms with Gasteiger partial charge in [0.1, 0.15) is 12.4 Å². The third kappa shape index (κ3) is 3.18. The number of hydrogen-bond donors (Lipinski definition) is 3. The van der Waals surface area contributed by atoms with Gasteiger partial charge in [-0.05, 0) is 0 Å². The highest BCUT2D eigenvalue weighted by atomic mass is 16.4. The molecule has 54 valence electrons. The van der Waals surface area contributed by atoms with Gasteiger partial charge in [0.05, 0.1) is 12.7 Å².